The molecule has 1 fully saturated rings. The third-order valence-corrected chi connectivity index (χ3v) is 5.65. The van der Waals surface area contributed by atoms with Gasteiger partial charge in [0.25, 0.3) is 0 Å². The quantitative estimate of drug-likeness (QED) is 0.430. The number of ketones is 1. The second kappa shape index (κ2) is 13.6. The second-order valence-corrected chi connectivity index (χ2v) is 8.48. The van der Waals surface area contributed by atoms with E-state index < -0.39 is 12.1 Å². The zero-order valence-corrected chi connectivity index (χ0v) is 19.8. The molecule has 0 spiro atoms. The van der Waals surface area contributed by atoms with E-state index in [0.717, 1.165) is 31.5 Å². The number of halogens is 4. The summed E-state index contributed by atoms with van der Waals surface area (Å²) in [5.41, 5.74) is 1.62. The van der Waals surface area contributed by atoms with Crippen molar-refractivity contribution in [2.24, 2.45) is 5.92 Å². The van der Waals surface area contributed by atoms with Crippen molar-refractivity contribution in [3.63, 3.8) is 0 Å². The lowest BCUT2D eigenvalue weighted by Gasteiger charge is -2.33. The number of hydrogen-bond donors (Lipinski definition) is 2. The largest absolute Gasteiger partial charge is 0.490 e. The van der Waals surface area contributed by atoms with E-state index in [4.69, 9.17) is 9.90 Å². The van der Waals surface area contributed by atoms with Crippen LogP contribution in [0.5, 0.6) is 0 Å². The Morgan fingerprint density at radius 1 is 1.03 bits per heavy atom. The number of amides is 2. The number of hydrogen-bond acceptors (Lipinski definition) is 4. The number of Topliss-reactive ketones (excluding diaryl/α,β-unsaturated/α-hetero) is 1. The number of carboxylic acid groups (broad SMARTS) is 1. The number of piperidine rings is 1. The van der Waals surface area contributed by atoms with Crippen LogP contribution in [0.1, 0.15) is 28.8 Å². The number of rotatable bonds is 7. The van der Waals surface area contributed by atoms with E-state index in [2.05, 4.69) is 10.2 Å². The highest BCUT2D eigenvalue weighted by atomic mass is 19.4. The maximum absolute atomic E-state index is 13.0. The highest BCUT2D eigenvalue weighted by Gasteiger charge is 2.38. The van der Waals surface area contributed by atoms with Crippen molar-refractivity contribution in [1.29, 1.82) is 0 Å². The molecule has 7 nitrogen and oxygen atoms in total. The fourth-order valence-electron chi connectivity index (χ4n) is 3.64. The van der Waals surface area contributed by atoms with Crippen LogP contribution in [0.4, 0.5) is 22.4 Å². The number of carboxylic acids is 1. The van der Waals surface area contributed by atoms with E-state index in [0.29, 0.717) is 31.1 Å². The van der Waals surface area contributed by atoms with Crippen LogP contribution in [-0.2, 0) is 11.3 Å². The van der Waals surface area contributed by atoms with Crippen molar-refractivity contribution in [1.82, 2.24) is 15.1 Å². The first-order valence-corrected chi connectivity index (χ1v) is 11.3. The summed E-state index contributed by atoms with van der Waals surface area (Å²) in [6, 6.07) is 15.5. The molecule has 0 bridgehead atoms. The number of nitrogens with one attached hydrogen (secondary N) is 1. The number of alkyl halides is 3. The van der Waals surface area contributed by atoms with Crippen LogP contribution >= 0.6 is 0 Å². The Morgan fingerprint density at radius 2 is 1.58 bits per heavy atom. The number of carbonyl (C=O) groups excluding carboxylic acids is 2. The van der Waals surface area contributed by atoms with Gasteiger partial charge in [-0.1, -0.05) is 30.3 Å². The molecule has 2 N–H and O–H groups in total. The van der Waals surface area contributed by atoms with Gasteiger partial charge in [0.05, 0.1) is 6.54 Å². The van der Waals surface area contributed by atoms with Crippen LogP contribution in [0, 0.1) is 11.7 Å². The molecule has 1 heterocycles. The Morgan fingerprint density at radius 3 is 2.11 bits per heavy atom. The predicted molar refractivity (Wildman–Crippen MR) is 125 cm³/mol. The third kappa shape index (κ3) is 10.0. The standard InChI is InChI=1S/C23H28FN3O2.C2HF3O2/c1-26(23(29)25-15-18-5-3-2-4-6-18)16-19-11-13-27(14-12-19)17-22(28)20-7-9-21(24)10-8-20;3-2(4,5)1(6)7/h2-10,19H,11-17H2,1H3,(H,25,29);(H,6,7). The molecule has 3 rings (SSSR count). The van der Waals surface area contributed by atoms with Gasteiger partial charge in [0.1, 0.15) is 5.82 Å². The molecule has 1 aliphatic rings. The summed E-state index contributed by atoms with van der Waals surface area (Å²) in [7, 11) is 1.82. The maximum Gasteiger partial charge on any atom is 0.490 e. The molecular weight excluding hydrogens is 482 g/mol. The molecular formula is C25H29F4N3O4. The number of carbonyl (C=O) groups is 3. The van der Waals surface area contributed by atoms with Gasteiger partial charge in [-0.3, -0.25) is 9.69 Å². The van der Waals surface area contributed by atoms with Crippen LogP contribution in [-0.4, -0.2) is 72.1 Å². The molecule has 0 unspecified atom stereocenters. The van der Waals surface area contributed by atoms with Crippen molar-refractivity contribution in [3.05, 3.63) is 71.5 Å². The van der Waals surface area contributed by atoms with Crippen molar-refractivity contribution >= 4 is 17.8 Å². The SMILES string of the molecule is CN(CC1CCN(CC(=O)c2ccc(F)cc2)CC1)C(=O)NCc1ccccc1.O=C(O)C(F)(F)F. The number of aliphatic carboxylic acids is 1. The Bertz CT molecular complexity index is 993. The minimum atomic E-state index is -5.08. The number of urea groups is 1. The first kappa shape index (κ1) is 28.8. The molecule has 2 aromatic carbocycles. The van der Waals surface area contributed by atoms with Gasteiger partial charge in [0.15, 0.2) is 5.78 Å². The Labute approximate surface area is 206 Å². The summed E-state index contributed by atoms with van der Waals surface area (Å²) in [6.07, 6.45) is -3.18. The molecule has 0 aliphatic carbocycles. The number of nitrogens with zero attached hydrogens (tertiary/aromatic N) is 2. The van der Waals surface area contributed by atoms with E-state index in [9.17, 15) is 27.2 Å². The fraction of sp³-hybridized carbons (Fsp3) is 0.400. The molecule has 0 aromatic heterocycles. The van der Waals surface area contributed by atoms with Crippen molar-refractivity contribution in [3.8, 4) is 0 Å². The average molecular weight is 512 g/mol. The lowest BCUT2D eigenvalue weighted by Crippen LogP contribution is -2.43. The van der Waals surface area contributed by atoms with E-state index in [1.807, 2.05) is 37.4 Å². The van der Waals surface area contributed by atoms with Crippen LogP contribution in [0.3, 0.4) is 0 Å². The van der Waals surface area contributed by atoms with E-state index in [-0.39, 0.29) is 17.6 Å². The molecule has 11 heteroatoms. The molecule has 1 saturated heterocycles. The van der Waals surface area contributed by atoms with Gasteiger partial charge in [0, 0.05) is 25.7 Å². The minimum Gasteiger partial charge on any atom is -0.475 e. The fourth-order valence-corrected chi connectivity index (χ4v) is 3.64. The van der Waals surface area contributed by atoms with Crippen molar-refractivity contribution in [2.75, 3.05) is 33.2 Å². The zero-order chi connectivity index (χ0) is 26.7. The summed E-state index contributed by atoms with van der Waals surface area (Å²) in [5.74, 6) is -2.65. The minimum absolute atomic E-state index is 0.0147. The lowest BCUT2D eigenvalue weighted by molar-refractivity contribution is -0.192. The summed E-state index contributed by atoms with van der Waals surface area (Å²) in [5, 5.41) is 10.1. The van der Waals surface area contributed by atoms with Gasteiger partial charge < -0.3 is 15.3 Å². The van der Waals surface area contributed by atoms with Gasteiger partial charge in [-0.25, -0.2) is 14.0 Å². The van der Waals surface area contributed by atoms with Crippen LogP contribution in [0.2, 0.25) is 0 Å². The first-order valence-electron chi connectivity index (χ1n) is 11.3. The van der Waals surface area contributed by atoms with E-state index in [1.165, 1.54) is 24.3 Å². The maximum atomic E-state index is 13.0. The van der Waals surface area contributed by atoms with Crippen molar-refractivity contribution in [2.45, 2.75) is 25.6 Å². The van der Waals surface area contributed by atoms with Gasteiger partial charge in [-0.05, 0) is 61.7 Å². The van der Waals surface area contributed by atoms with E-state index >= 15 is 0 Å². The molecule has 2 amide bonds. The van der Waals surface area contributed by atoms with Gasteiger partial charge >= 0.3 is 18.2 Å². The predicted octanol–water partition coefficient (Wildman–Crippen LogP) is 4.20. The Hall–Kier alpha value is -3.47. The lowest BCUT2D eigenvalue weighted by atomic mass is 9.96. The topological polar surface area (TPSA) is 90.0 Å². The number of benzene rings is 2. The van der Waals surface area contributed by atoms with Crippen LogP contribution in [0.15, 0.2) is 54.6 Å². The smallest absolute Gasteiger partial charge is 0.475 e. The molecule has 36 heavy (non-hydrogen) atoms. The van der Waals surface area contributed by atoms with Crippen LogP contribution < -0.4 is 5.32 Å². The van der Waals surface area contributed by atoms with E-state index in [1.54, 1.807) is 4.90 Å². The Kier molecular flexibility index (Phi) is 10.8. The summed E-state index contributed by atoms with van der Waals surface area (Å²) in [4.78, 5) is 37.4. The highest BCUT2D eigenvalue weighted by Crippen LogP contribution is 2.19. The molecule has 0 atom stereocenters. The normalized spacial score (nSPS) is 14.4. The first-order chi connectivity index (χ1) is 17.0. The second-order valence-electron chi connectivity index (χ2n) is 8.48. The summed E-state index contributed by atoms with van der Waals surface area (Å²) >= 11 is 0. The summed E-state index contributed by atoms with van der Waals surface area (Å²) < 4.78 is 44.7. The molecule has 1 aliphatic heterocycles. The van der Waals surface area contributed by atoms with Crippen LogP contribution in [0.25, 0.3) is 0 Å². The molecule has 0 radical (unpaired) electrons. The van der Waals surface area contributed by atoms with Crippen molar-refractivity contribution < 1.29 is 37.1 Å². The molecule has 0 saturated carbocycles. The highest BCUT2D eigenvalue weighted by molar-refractivity contribution is 5.97. The van der Waals surface area contributed by atoms with Gasteiger partial charge in [-0.15, -0.1) is 0 Å². The van der Waals surface area contributed by atoms with Gasteiger partial charge in [-0.2, -0.15) is 13.2 Å². The summed E-state index contributed by atoms with van der Waals surface area (Å²) in [6.45, 7) is 3.24. The Balaban J connectivity index is 0.000000572. The van der Waals surface area contributed by atoms with Gasteiger partial charge in [0.2, 0.25) is 0 Å². The zero-order valence-electron chi connectivity index (χ0n) is 19.8. The monoisotopic (exact) mass is 511 g/mol. The molecule has 2 aromatic rings. The third-order valence-electron chi connectivity index (χ3n) is 5.65. The average Bonchev–Trinajstić information content (AvgIpc) is 2.84. The molecule has 196 valence electrons. The number of likely N-dealkylation sites (tertiary alicyclic amines) is 1.